The fourth-order valence-corrected chi connectivity index (χ4v) is 5.93. The fraction of sp³-hybridized carbons (Fsp3) is 0.333. The quantitative estimate of drug-likeness (QED) is 0.225. The summed E-state index contributed by atoms with van der Waals surface area (Å²) >= 11 is 1.46. The molecular formula is C30H36N2O7S2. The van der Waals surface area contributed by atoms with Gasteiger partial charge >= 0.3 is 6.09 Å². The van der Waals surface area contributed by atoms with Crippen molar-refractivity contribution < 1.29 is 33.0 Å². The molecule has 41 heavy (non-hydrogen) atoms. The molecule has 0 aromatic heterocycles. The second-order valence-electron chi connectivity index (χ2n) is 9.72. The Bertz CT molecular complexity index is 1410. The Kier molecular flexibility index (Phi) is 11.8. The number of hydrogen-bond acceptors (Lipinski definition) is 7. The summed E-state index contributed by atoms with van der Waals surface area (Å²) in [6, 6.07) is 21.9. The van der Waals surface area contributed by atoms with E-state index >= 15 is 0 Å². The monoisotopic (exact) mass is 600 g/mol. The molecule has 11 heteroatoms. The van der Waals surface area contributed by atoms with Gasteiger partial charge in [0.2, 0.25) is 10.0 Å². The number of sulfonamides is 1. The van der Waals surface area contributed by atoms with Gasteiger partial charge in [-0.1, -0.05) is 74.5 Å². The molecule has 3 aromatic carbocycles. The van der Waals surface area contributed by atoms with Crippen molar-refractivity contribution in [3.63, 3.8) is 0 Å². The number of nitrogens with zero attached hydrogens (tertiary/aromatic N) is 1. The predicted octanol–water partition coefficient (Wildman–Crippen LogP) is 4.82. The minimum Gasteiger partial charge on any atom is -0.465 e. The van der Waals surface area contributed by atoms with Gasteiger partial charge < -0.3 is 19.8 Å². The molecule has 1 atom stereocenters. The van der Waals surface area contributed by atoms with E-state index in [9.17, 15) is 28.2 Å². The van der Waals surface area contributed by atoms with Gasteiger partial charge in [0.15, 0.2) is 0 Å². The Morgan fingerprint density at radius 3 is 2.27 bits per heavy atom. The first kappa shape index (κ1) is 32.1. The molecule has 0 fully saturated rings. The van der Waals surface area contributed by atoms with Crippen LogP contribution in [0.1, 0.15) is 41.4 Å². The van der Waals surface area contributed by atoms with E-state index in [2.05, 4.69) is 4.72 Å². The summed E-state index contributed by atoms with van der Waals surface area (Å²) in [5, 5.41) is 20.2. The number of carbonyl (C=O) groups is 2. The number of amides is 2. The van der Waals surface area contributed by atoms with Crippen molar-refractivity contribution in [1.29, 1.82) is 0 Å². The Hall–Kier alpha value is -3.38. The van der Waals surface area contributed by atoms with Crippen LogP contribution in [0.2, 0.25) is 0 Å². The minimum absolute atomic E-state index is 0.0187. The highest BCUT2D eigenvalue weighted by atomic mass is 32.2. The van der Waals surface area contributed by atoms with Crippen LogP contribution in [0.5, 0.6) is 0 Å². The fourth-order valence-electron chi connectivity index (χ4n) is 4.06. The molecule has 0 saturated heterocycles. The van der Waals surface area contributed by atoms with Gasteiger partial charge in [-0.25, -0.2) is 17.9 Å². The van der Waals surface area contributed by atoms with Gasteiger partial charge in [-0.2, -0.15) is 0 Å². The van der Waals surface area contributed by atoms with Crippen LogP contribution in [0.3, 0.4) is 0 Å². The van der Waals surface area contributed by atoms with Gasteiger partial charge in [-0.15, -0.1) is 11.8 Å². The summed E-state index contributed by atoms with van der Waals surface area (Å²) in [6.45, 7) is 4.16. The number of rotatable bonds is 14. The van der Waals surface area contributed by atoms with Gasteiger partial charge in [0, 0.05) is 23.8 Å². The summed E-state index contributed by atoms with van der Waals surface area (Å²) < 4.78 is 31.3. The molecule has 3 rings (SSSR count). The summed E-state index contributed by atoms with van der Waals surface area (Å²) in [5.41, 5.74) is 3.62. The molecule has 3 aromatic rings. The zero-order chi connectivity index (χ0) is 30.0. The third kappa shape index (κ3) is 9.89. The molecule has 0 aliphatic carbocycles. The van der Waals surface area contributed by atoms with Crippen LogP contribution in [-0.2, 0) is 21.2 Å². The van der Waals surface area contributed by atoms with E-state index in [4.69, 9.17) is 4.74 Å². The molecule has 220 valence electrons. The van der Waals surface area contributed by atoms with E-state index in [-0.39, 0.29) is 36.3 Å². The summed E-state index contributed by atoms with van der Waals surface area (Å²) in [6.07, 6.45) is -1.54. The van der Waals surface area contributed by atoms with Crippen molar-refractivity contribution in [2.45, 2.75) is 36.5 Å². The average molecular weight is 601 g/mol. The number of carboxylic acid groups (broad SMARTS) is 1. The topological polar surface area (TPSA) is 133 Å². The molecule has 0 spiro atoms. The number of aliphatic hydroxyl groups is 1. The number of carbonyl (C=O) groups excluding carboxylic acids is 1. The Morgan fingerprint density at radius 1 is 1.00 bits per heavy atom. The van der Waals surface area contributed by atoms with E-state index in [1.54, 1.807) is 36.4 Å². The van der Waals surface area contributed by atoms with E-state index in [0.717, 1.165) is 16.7 Å². The summed E-state index contributed by atoms with van der Waals surface area (Å²) in [7, 11) is -2.44. The SMILES string of the molecule is COCCS(=O)(=O)NC(=O)c1ccc(-c2ccc(CCN(C[C@H](O)c3ccccc3)C(=O)O)cc2)cc1SC(C)C. The highest BCUT2D eigenvalue weighted by molar-refractivity contribution is 8.00. The lowest BCUT2D eigenvalue weighted by Gasteiger charge is -2.22. The maximum Gasteiger partial charge on any atom is 0.407 e. The third-order valence-corrected chi connectivity index (χ3v) is 8.46. The Balaban J connectivity index is 1.71. The first-order valence-electron chi connectivity index (χ1n) is 13.1. The van der Waals surface area contributed by atoms with Crippen molar-refractivity contribution in [2.75, 3.05) is 32.6 Å². The average Bonchev–Trinajstić information content (AvgIpc) is 2.94. The first-order chi connectivity index (χ1) is 19.5. The van der Waals surface area contributed by atoms with Crippen LogP contribution in [0.25, 0.3) is 11.1 Å². The number of thioether (sulfide) groups is 1. The van der Waals surface area contributed by atoms with E-state index in [0.29, 0.717) is 16.9 Å². The van der Waals surface area contributed by atoms with Crippen LogP contribution in [0.4, 0.5) is 4.79 Å². The van der Waals surface area contributed by atoms with E-state index in [1.165, 1.54) is 23.8 Å². The first-order valence-corrected chi connectivity index (χ1v) is 15.7. The Labute approximate surface area is 245 Å². The molecule has 2 amide bonds. The van der Waals surface area contributed by atoms with Gasteiger partial charge in [0.1, 0.15) is 0 Å². The van der Waals surface area contributed by atoms with Crippen LogP contribution in [-0.4, -0.2) is 73.3 Å². The largest absolute Gasteiger partial charge is 0.465 e. The smallest absolute Gasteiger partial charge is 0.407 e. The van der Waals surface area contributed by atoms with Crippen LogP contribution >= 0.6 is 11.8 Å². The molecule has 0 unspecified atom stereocenters. The predicted molar refractivity (Wildman–Crippen MR) is 161 cm³/mol. The molecule has 0 heterocycles. The van der Waals surface area contributed by atoms with Crippen molar-refractivity contribution in [2.24, 2.45) is 0 Å². The minimum atomic E-state index is -3.83. The number of methoxy groups -OCH3 is 1. The van der Waals surface area contributed by atoms with Gasteiger partial charge in [-0.05, 0) is 40.8 Å². The van der Waals surface area contributed by atoms with Crippen molar-refractivity contribution >= 4 is 33.8 Å². The molecule has 9 nitrogen and oxygen atoms in total. The number of aliphatic hydroxyl groups excluding tert-OH is 1. The zero-order valence-corrected chi connectivity index (χ0v) is 25.0. The zero-order valence-electron chi connectivity index (χ0n) is 23.3. The van der Waals surface area contributed by atoms with E-state index in [1.807, 2.05) is 50.2 Å². The molecule has 3 N–H and O–H groups in total. The van der Waals surface area contributed by atoms with Crippen molar-refractivity contribution in [3.8, 4) is 11.1 Å². The van der Waals surface area contributed by atoms with Crippen LogP contribution in [0.15, 0.2) is 77.7 Å². The number of benzene rings is 3. The molecule has 0 bridgehead atoms. The van der Waals surface area contributed by atoms with Crippen molar-refractivity contribution in [1.82, 2.24) is 9.62 Å². The third-order valence-electron chi connectivity index (χ3n) is 6.20. The highest BCUT2D eigenvalue weighted by Gasteiger charge is 2.21. The van der Waals surface area contributed by atoms with E-state index < -0.39 is 28.1 Å². The number of hydrogen-bond donors (Lipinski definition) is 3. The molecular weight excluding hydrogens is 564 g/mol. The van der Waals surface area contributed by atoms with Crippen molar-refractivity contribution in [3.05, 3.63) is 89.5 Å². The summed E-state index contributed by atoms with van der Waals surface area (Å²) in [4.78, 5) is 26.5. The second-order valence-corrected chi connectivity index (χ2v) is 13.2. The number of ether oxygens (including phenoxy) is 1. The highest BCUT2D eigenvalue weighted by Crippen LogP contribution is 2.32. The maximum atomic E-state index is 12.8. The lowest BCUT2D eigenvalue weighted by Crippen LogP contribution is -2.35. The summed E-state index contributed by atoms with van der Waals surface area (Å²) in [5.74, 6) is -1.00. The number of nitrogens with one attached hydrogen (secondary N) is 1. The van der Waals surface area contributed by atoms with Crippen LogP contribution < -0.4 is 4.72 Å². The molecule has 0 aliphatic heterocycles. The standard InChI is InChI=1S/C30H36N2O7S2/c1-21(2)40-28-19-25(13-14-26(28)29(34)31-41(37,38)18-17-39-3)23-11-9-22(10-12-23)15-16-32(30(35)36)20-27(33)24-7-5-4-6-8-24/h4-14,19,21,27,33H,15-18,20H2,1-3H3,(H,31,34)(H,35,36)/t27-/m0/s1. The molecule has 0 radical (unpaired) electrons. The maximum absolute atomic E-state index is 12.8. The van der Waals surface area contributed by atoms with Crippen LogP contribution in [0, 0.1) is 0 Å². The lowest BCUT2D eigenvalue weighted by atomic mass is 10.0. The lowest BCUT2D eigenvalue weighted by molar-refractivity contribution is 0.0971. The van der Waals surface area contributed by atoms with Gasteiger partial charge in [0.25, 0.3) is 5.91 Å². The van der Waals surface area contributed by atoms with Gasteiger partial charge in [-0.3, -0.25) is 4.79 Å². The van der Waals surface area contributed by atoms with Gasteiger partial charge in [0.05, 0.1) is 30.6 Å². The second kappa shape index (κ2) is 15.0. The Morgan fingerprint density at radius 2 is 1.66 bits per heavy atom. The molecule has 0 aliphatic rings. The molecule has 0 saturated carbocycles. The normalized spacial score (nSPS) is 12.2.